The number of aromatic nitrogens is 2. The van der Waals surface area contributed by atoms with Crippen LogP contribution in [0.3, 0.4) is 0 Å². The molecule has 0 aliphatic heterocycles. The van der Waals surface area contributed by atoms with E-state index >= 15 is 0 Å². The molecule has 0 aliphatic carbocycles. The molecule has 190 valence electrons. The van der Waals surface area contributed by atoms with Crippen LogP contribution < -0.4 is 14.8 Å². The smallest absolute Gasteiger partial charge is 0.264 e. The van der Waals surface area contributed by atoms with Crippen molar-refractivity contribution in [2.45, 2.75) is 17.9 Å². The Morgan fingerprint density at radius 3 is 2.64 bits per heavy atom. The maximum Gasteiger partial charge on any atom is 0.264 e. The molecule has 4 rings (SSSR count). The first kappa shape index (κ1) is 25.5. The molecule has 36 heavy (non-hydrogen) atoms. The van der Waals surface area contributed by atoms with Crippen molar-refractivity contribution in [3.63, 3.8) is 0 Å². The van der Waals surface area contributed by atoms with Gasteiger partial charge < -0.3 is 15.2 Å². The number of H-pyrrole nitrogens is 1. The van der Waals surface area contributed by atoms with Crippen molar-refractivity contribution in [1.29, 1.82) is 0 Å². The first-order valence-corrected chi connectivity index (χ1v) is 12.4. The van der Waals surface area contributed by atoms with Crippen LogP contribution in [0, 0.1) is 24.4 Å². The summed E-state index contributed by atoms with van der Waals surface area (Å²) in [7, 11) is -4.54. The lowest BCUT2D eigenvalue weighted by atomic mass is 10.1. The number of nitrogens with zero attached hydrogens (tertiary/aromatic N) is 1. The van der Waals surface area contributed by atoms with E-state index in [1.165, 1.54) is 18.2 Å². The predicted molar refractivity (Wildman–Crippen MR) is 128 cm³/mol. The van der Waals surface area contributed by atoms with Crippen molar-refractivity contribution in [1.82, 2.24) is 15.5 Å². The standard InChI is InChI=1S/C24H23F3N4O4S/c1-14-18-6-5-17(10-22(18)30-29-14)35-8-7-28-13-23(32)15-3-2-4-16(9-15)31-36(33,34)24-12-20(26)19(25)11-21(24)27/h2-6,9-12,23,28,31-32H,7-8,13H2,1H3,(H,29,30)/t23-/m0/s1. The van der Waals surface area contributed by atoms with Gasteiger partial charge >= 0.3 is 0 Å². The molecule has 0 amide bonds. The zero-order valence-corrected chi connectivity index (χ0v) is 19.9. The fourth-order valence-corrected chi connectivity index (χ4v) is 4.67. The molecule has 0 unspecified atom stereocenters. The van der Waals surface area contributed by atoms with Crippen LogP contribution in [0.25, 0.3) is 10.9 Å². The van der Waals surface area contributed by atoms with E-state index in [4.69, 9.17) is 4.74 Å². The number of hydrogen-bond acceptors (Lipinski definition) is 6. The molecule has 4 N–H and O–H groups in total. The lowest BCUT2D eigenvalue weighted by molar-refractivity contribution is 0.172. The van der Waals surface area contributed by atoms with Gasteiger partial charge in [0.05, 0.1) is 17.3 Å². The Labute approximate surface area is 205 Å². The van der Waals surface area contributed by atoms with Crippen LogP contribution in [-0.4, -0.2) is 43.4 Å². The SMILES string of the molecule is Cc1n[nH]c2cc(OCCNC[C@H](O)c3cccc(NS(=O)(=O)c4cc(F)c(F)cc4F)c3)ccc12. The maximum atomic E-state index is 13.9. The number of aliphatic hydroxyl groups excluding tert-OH is 1. The van der Waals surface area contributed by atoms with Crippen LogP contribution >= 0.6 is 0 Å². The molecular weight excluding hydrogens is 497 g/mol. The molecule has 1 heterocycles. The predicted octanol–water partition coefficient (Wildman–Crippen LogP) is 3.79. The number of aromatic amines is 1. The molecule has 0 bridgehead atoms. The minimum atomic E-state index is -4.54. The molecule has 3 aromatic carbocycles. The fourth-order valence-electron chi connectivity index (χ4n) is 3.55. The highest BCUT2D eigenvalue weighted by atomic mass is 32.2. The second kappa shape index (κ2) is 10.6. The van der Waals surface area contributed by atoms with Gasteiger partial charge in [-0.3, -0.25) is 9.82 Å². The zero-order chi connectivity index (χ0) is 25.9. The molecule has 4 aromatic rings. The average Bonchev–Trinajstić information content (AvgIpc) is 3.20. The third-order valence-corrected chi connectivity index (χ3v) is 6.79. The number of halogens is 3. The van der Waals surface area contributed by atoms with E-state index in [1.54, 1.807) is 6.07 Å². The van der Waals surface area contributed by atoms with Gasteiger partial charge in [0.25, 0.3) is 10.0 Å². The van der Waals surface area contributed by atoms with E-state index in [2.05, 4.69) is 20.2 Å². The van der Waals surface area contributed by atoms with E-state index in [0.717, 1.165) is 16.6 Å². The molecule has 12 heteroatoms. The first-order chi connectivity index (χ1) is 17.1. The first-order valence-electron chi connectivity index (χ1n) is 10.9. The van der Waals surface area contributed by atoms with E-state index in [1.807, 2.05) is 25.1 Å². The lowest BCUT2D eigenvalue weighted by Gasteiger charge is -2.15. The van der Waals surface area contributed by atoms with Gasteiger partial charge in [-0.1, -0.05) is 12.1 Å². The Hall–Kier alpha value is -3.61. The summed E-state index contributed by atoms with van der Waals surface area (Å²) in [6.45, 7) is 2.83. The summed E-state index contributed by atoms with van der Waals surface area (Å²) in [5, 5.41) is 21.6. The molecule has 1 aromatic heterocycles. The minimum absolute atomic E-state index is 0.0171. The molecule has 0 spiro atoms. The van der Waals surface area contributed by atoms with Gasteiger partial charge in [0.2, 0.25) is 0 Å². The van der Waals surface area contributed by atoms with Gasteiger partial charge in [-0.25, -0.2) is 21.6 Å². The number of sulfonamides is 1. The second-order valence-electron chi connectivity index (χ2n) is 8.01. The summed E-state index contributed by atoms with van der Waals surface area (Å²) in [6.07, 6.45) is -0.987. The summed E-state index contributed by atoms with van der Waals surface area (Å²) in [4.78, 5) is -1.03. The molecule has 0 fully saturated rings. The Morgan fingerprint density at radius 1 is 1.06 bits per heavy atom. The van der Waals surface area contributed by atoms with Crippen LogP contribution in [0.15, 0.2) is 59.5 Å². The molecule has 0 saturated heterocycles. The van der Waals surface area contributed by atoms with Crippen LogP contribution in [-0.2, 0) is 10.0 Å². The van der Waals surface area contributed by atoms with E-state index in [9.17, 15) is 26.7 Å². The number of aryl methyl sites for hydroxylation is 1. The number of fused-ring (bicyclic) bond motifs is 1. The molecule has 8 nitrogen and oxygen atoms in total. The number of anilines is 1. The number of ether oxygens (including phenoxy) is 1. The fraction of sp³-hybridized carbons (Fsp3) is 0.208. The highest BCUT2D eigenvalue weighted by Gasteiger charge is 2.22. The van der Waals surface area contributed by atoms with Crippen LogP contribution in [0.2, 0.25) is 0 Å². The highest BCUT2D eigenvalue weighted by Crippen LogP contribution is 2.24. The maximum absolute atomic E-state index is 13.9. The number of hydrogen-bond donors (Lipinski definition) is 4. The van der Waals surface area contributed by atoms with Crippen LogP contribution in [0.5, 0.6) is 5.75 Å². The molecule has 0 radical (unpaired) electrons. The Kier molecular flexibility index (Phi) is 7.48. The molecular formula is C24H23F3N4O4S. The van der Waals surface area contributed by atoms with Gasteiger partial charge in [0.1, 0.15) is 23.1 Å². The van der Waals surface area contributed by atoms with E-state index in [-0.39, 0.29) is 24.4 Å². The average molecular weight is 521 g/mol. The second-order valence-corrected chi connectivity index (χ2v) is 9.66. The minimum Gasteiger partial charge on any atom is -0.492 e. The molecule has 0 aliphatic rings. The quantitative estimate of drug-likeness (QED) is 0.187. The van der Waals surface area contributed by atoms with Crippen molar-refractivity contribution < 1.29 is 31.4 Å². The van der Waals surface area contributed by atoms with Gasteiger partial charge in [-0.05, 0) is 36.8 Å². The van der Waals surface area contributed by atoms with Gasteiger partial charge in [0, 0.05) is 42.4 Å². The Bertz CT molecular complexity index is 1490. The number of benzene rings is 3. The zero-order valence-electron chi connectivity index (χ0n) is 19.1. The van der Waals surface area contributed by atoms with Crippen molar-refractivity contribution in [2.24, 2.45) is 0 Å². The molecule has 1 atom stereocenters. The highest BCUT2D eigenvalue weighted by molar-refractivity contribution is 7.92. The number of aliphatic hydroxyl groups is 1. The molecule has 0 saturated carbocycles. The summed E-state index contributed by atoms with van der Waals surface area (Å²) >= 11 is 0. The number of nitrogens with one attached hydrogen (secondary N) is 3. The number of rotatable bonds is 10. The van der Waals surface area contributed by atoms with E-state index in [0.29, 0.717) is 24.5 Å². The van der Waals surface area contributed by atoms with Crippen LogP contribution in [0.1, 0.15) is 17.4 Å². The largest absolute Gasteiger partial charge is 0.492 e. The van der Waals surface area contributed by atoms with Crippen LogP contribution in [0.4, 0.5) is 18.9 Å². The summed E-state index contributed by atoms with van der Waals surface area (Å²) in [5.74, 6) is -3.74. The normalized spacial score (nSPS) is 12.6. The van der Waals surface area contributed by atoms with Crippen molar-refractivity contribution in [3.05, 3.63) is 83.3 Å². The van der Waals surface area contributed by atoms with E-state index < -0.39 is 38.5 Å². The van der Waals surface area contributed by atoms with Gasteiger partial charge in [0.15, 0.2) is 11.6 Å². The Balaban J connectivity index is 1.30. The lowest BCUT2D eigenvalue weighted by Crippen LogP contribution is -2.26. The van der Waals surface area contributed by atoms with Gasteiger partial charge in [-0.15, -0.1) is 0 Å². The summed E-state index contributed by atoms with van der Waals surface area (Å²) < 4.78 is 73.3. The van der Waals surface area contributed by atoms with Gasteiger partial charge in [-0.2, -0.15) is 5.10 Å². The van der Waals surface area contributed by atoms with Crippen molar-refractivity contribution in [3.8, 4) is 5.75 Å². The third-order valence-electron chi connectivity index (χ3n) is 5.40. The topological polar surface area (TPSA) is 116 Å². The monoisotopic (exact) mass is 520 g/mol. The summed E-state index contributed by atoms with van der Waals surface area (Å²) in [5.41, 5.74) is 2.18. The summed E-state index contributed by atoms with van der Waals surface area (Å²) in [6, 6.07) is 11.9. The third kappa shape index (κ3) is 5.78. The Morgan fingerprint density at radius 2 is 1.83 bits per heavy atom. The van der Waals surface area contributed by atoms with Crippen molar-refractivity contribution in [2.75, 3.05) is 24.4 Å². The van der Waals surface area contributed by atoms with Crippen molar-refractivity contribution >= 4 is 26.6 Å².